The molecule has 1 aromatic heterocycles. The van der Waals surface area contributed by atoms with Crippen molar-refractivity contribution in [2.45, 2.75) is 11.4 Å². The van der Waals surface area contributed by atoms with Gasteiger partial charge >= 0.3 is 0 Å². The molecule has 4 heteroatoms. The summed E-state index contributed by atoms with van der Waals surface area (Å²) in [6.07, 6.45) is 5.40. The van der Waals surface area contributed by atoms with E-state index in [-0.39, 0.29) is 5.78 Å². The lowest BCUT2D eigenvalue weighted by molar-refractivity contribution is -0.116. The summed E-state index contributed by atoms with van der Waals surface area (Å²) >= 11 is 1.42. The number of thioether (sulfide) groups is 1. The van der Waals surface area contributed by atoms with E-state index in [1.54, 1.807) is 18.6 Å². The lowest BCUT2D eigenvalue weighted by Crippen LogP contribution is -2.05. The van der Waals surface area contributed by atoms with Crippen LogP contribution in [0.5, 0.6) is 0 Å². The van der Waals surface area contributed by atoms with E-state index in [0.717, 1.165) is 10.6 Å². The Morgan fingerprint density at radius 1 is 1.18 bits per heavy atom. The number of aromatic nitrogens is 2. The lowest BCUT2D eigenvalue weighted by Gasteiger charge is -2.00. The zero-order chi connectivity index (χ0) is 11.9. The average Bonchev–Trinajstić information content (AvgIpc) is 2.39. The molecule has 0 bridgehead atoms. The Bertz CT molecular complexity index is 473. The molecule has 0 fully saturated rings. The van der Waals surface area contributed by atoms with E-state index in [2.05, 4.69) is 9.97 Å². The predicted molar refractivity (Wildman–Crippen MR) is 67.9 cm³/mol. The fourth-order valence-electron chi connectivity index (χ4n) is 1.39. The van der Waals surface area contributed by atoms with E-state index in [1.807, 2.05) is 30.3 Å². The molecule has 0 radical (unpaired) electrons. The van der Waals surface area contributed by atoms with Crippen LogP contribution in [0, 0.1) is 0 Å². The fraction of sp³-hybridized carbons (Fsp3) is 0.154. The molecule has 0 amide bonds. The van der Waals surface area contributed by atoms with E-state index in [9.17, 15) is 4.79 Å². The van der Waals surface area contributed by atoms with Gasteiger partial charge in [0.05, 0.1) is 11.9 Å². The van der Waals surface area contributed by atoms with Gasteiger partial charge in [-0.3, -0.25) is 9.78 Å². The minimum atomic E-state index is 0.201. The van der Waals surface area contributed by atoms with Crippen molar-refractivity contribution in [2.75, 3.05) is 5.75 Å². The number of hydrogen-bond acceptors (Lipinski definition) is 4. The summed E-state index contributed by atoms with van der Waals surface area (Å²) in [6.45, 7) is 0. The summed E-state index contributed by atoms with van der Waals surface area (Å²) in [5.74, 6) is 0.639. The van der Waals surface area contributed by atoms with Crippen LogP contribution in [-0.2, 0) is 11.2 Å². The summed E-state index contributed by atoms with van der Waals surface area (Å²) < 4.78 is 0. The molecule has 0 N–H and O–H groups in total. The van der Waals surface area contributed by atoms with Crippen molar-refractivity contribution >= 4 is 17.5 Å². The monoisotopic (exact) mass is 244 g/mol. The van der Waals surface area contributed by atoms with Crippen LogP contribution >= 0.6 is 11.8 Å². The highest BCUT2D eigenvalue weighted by atomic mass is 32.2. The van der Waals surface area contributed by atoms with Gasteiger partial charge in [0.2, 0.25) is 0 Å². The van der Waals surface area contributed by atoms with Gasteiger partial charge in [-0.15, -0.1) is 0 Å². The topological polar surface area (TPSA) is 42.9 Å². The van der Waals surface area contributed by atoms with Crippen LogP contribution in [0.25, 0.3) is 0 Å². The molecule has 17 heavy (non-hydrogen) atoms. The highest BCUT2D eigenvalue weighted by Crippen LogP contribution is 2.13. The number of rotatable bonds is 5. The summed E-state index contributed by atoms with van der Waals surface area (Å²) in [6, 6.07) is 9.76. The van der Waals surface area contributed by atoms with Crippen molar-refractivity contribution in [3.05, 3.63) is 54.5 Å². The smallest absolute Gasteiger partial charge is 0.147 e. The normalized spacial score (nSPS) is 10.1. The van der Waals surface area contributed by atoms with Crippen LogP contribution in [0.3, 0.4) is 0 Å². The molecule has 3 nitrogen and oxygen atoms in total. The summed E-state index contributed by atoms with van der Waals surface area (Å²) in [7, 11) is 0. The van der Waals surface area contributed by atoms with Crippen molar-refractivity contribution < 1.29 is 4.79 Å². The third kappa shape index (κ3) is 4.00. The maximum absolute atomic E-state index is 11.7. The first kappa shape index (κ1) is 11.8. The maximum Gasteiger partial charge on any atom is 0.147 e. The van der Waals surface area contributed by atoms with E-state index in [4.69, 9.17) is 0 Å². The van der Waals surface area contributed by atoms with Gasteiger partial charge in [-0.1, -0.05) is 42.1 Å². The van der Waals surface area contributed by atoms with E-state index in [1.165, 1.54) is 11.8 Å². The van der Waals surface area contributed by atoms with Crippen LogP contribution in [0.2, 0.25) is 0 Å². The van der Waals surface area contributed by atoms with Crippen molar-refractivity contribution in [2.24, 2.45) is 0 Å². The highest BCUT2D eigenvalue weighted by Gasteiger charge is 2.05. The number of Topliss-reactive ketones (excluding diaryl/α,β-unsaturated/α-hetero) is 1. The van der Waals surface area contributed by atoms with Crippen LogP contribution < -0.4 is 0 Å². The molecule has 0 aliphatic carbocycles. The molecular formula is C13H12N2OS. The molecule has 0 unspecified atom stereocenters. The third-order valence-corrected chi connectivity index (χ3v) is 3.14. The van der Waals surface area contributed by atoms with Crippen molar-refractivity contribution in [1.29, 1.82) is 0 Å². The number of benzene rings is 1. The summed E-state index contributed by atoms with van der Waals surface area (Å²) in [5, 5.41) is 0.786. The molecule has 0 saturated carbocycles. The zero-order valence-electron chi connectivity index (χ0n) is 9.24. The second kappa shape index (κ2) is 6.15. The molecule has 86 valence electrons. The quantitative estimate of drug-likeness (QED) is 0.757. The number of carbonyl (C=O) groups is 1. The number of ketones is 1. The minimum absolute atomic E-state index is 0.201. The molecule has 0 spiro atoms. The van der Waals surface area contributed by atoms with Crippen molar-refractivity contribution in [1.82, 2.24) is 9.97 Å². The van der Waals surface area contributed by atoms with Gasteiger partial charge in [0.15, 0.2) is 0 Å². The van der Waals surface area contributed by atoms with Gasteiger partial charge in [-0.25, -0.2) is 4.98 Å². The predicted octanol–water partition coefficient (Wildman–Crippen LogP) is 2.38. The zero-order valence-corrected chi connectivity index (χ0v) is 10.1. The standard InChI is InChI=1S/C13H12N2OS/c16-12(8-11-4-2-1-3-5-11)10-17-13-9-14-6-7-15-13/h1-7,9H,8,10H2. The Morgan fingerprint density at radius 2 is 2.00 bits per heavy atom. The average molecular weight is 244 g/mol. The van der Waals surface area contributed by atoms with Crippen molar-refractivity contribution in [3.63, 3.8) is 0 Å². The second-order valence-corrected chi connectivity index (χ2v) is 4.53. The van der Waals surface area contributed by atoms with Crippen molar-refractivity contribution in [3.8, 4) is 0 Å². The van der Waals surface area contributed by atoms with Gasteiger partial charge in [0.1, 0.15) is 10.8 Å². The minimum Gasteiger partial charge on any atom is -0.298 e. The lowest BCUT2D eigenvalue weighted by atomic mass is 10.1. The summed E-state index contributed by atoms with van der Waals surface area (Å²) in [5.41, 5.74) is 1.05. The first-order valence-electron chi connectivity index (χ1n) is 5.29. The first-order valence-corrected chi connectivity index (χ1v) is 6.27. The molecule has 1 aromatic carbocycles. The van der Waals surface area contributed by atoms with Crippen LogP contribution in [0.4, 0.5) is 0 Å². The Labute approximate surface area is 104 Å². The Balaban J connectivity index is 1.83. The van der Waals surface area contributed by atoms with Gasteiger partial charge < -0.3 is 0 Å². The number of nitrogens with zero attached hydrogens (tertiary/aromatic N) is 2. The maximum atomic E-state index is 11.7. The molecule has 2 aromatic rings. The van der Waals surface area contributed by atoms with E-state index in [0.29, 0.717) is 12.2 Å². The molecule has 0 saturated heterocycles. The van der Waals surface area contributed by atoms with Gasteiger partial charge in [0.25, 0.3) is 0 Å². The molecular weight excluding hydrogens is 232 g/mol. The van der Waals surface area contributed by atoms with E-state index >= 15 is 0 Å². The number of carbonyl (C=O) groups excluding carboxylic acids is 1. The Kier molecular flexibility index (Phi) is 4.27. The SMILES string of the molecule is O=C(CSc1cnccn1)Cc1ccccc1. The molecule has 0 atom stereocenters. The Hall–Kier alpha value is -1.68. The number of hydrogen-bond donors (Lipinski definition) is 0. The van der Waals surface area contributed by atoms with Gasteiger partial charge in [0, 0.05) is 18.8 Å². The molecule has 0 aliphatic heterocycles. The fourth-order valence-corrected chi connectivity index (χ4v) is 2.07. The van der Waals surface area contributed by atoms with Gasteiger partial charge in [-0.2, -0.15) is 0 Å². The van der Waals surface area contributed by atoms with Crippen LogP contribution in [0.15, 0.2) is 53.9 Å². The molecule has 0 aliphatic rings. The highest BCUT2D eigenvalue weighted by molar-refractivity contribution is 7.99. The summed E-state index contributed by atoms with van der Waals surface area (Å²) in [4.78, 5) is 19.8. The molecule has 2 rings (SSSR count). The largest absolute Gasteiger partial charge is 0.298 e. The Morgan fingerprint density at radius 3 is 2.71 bits per heavy atom. The third-order valence-electron chi connectivity index (χ3n) is 2.16. The second-order valence-electron chi connectivity index (χ2n) is 3.53. The van der Waals surface area contributed by atoms with E-state index < -0.39 is 0 Å². The van der Waals surface area contributed by atoms with Crippen LogP contribution in [-0.4, -0.2) is 21.5 Å². The van der Waals surface area contributed by atoms with Gasteiger partial charge in [-0.05, 0) is 5.56 Å². The first-order chi connectivity index (χ1) is 8.34. The molecule has 1 heterocycles. The van der Waals surface area contributed by atoms with Crippen LogP contribution in [0.1, 0.15) is 5.56 Å².